The smallest absolute Gasteiger partial charge is 0.140 e. The second-order valence-electron chi connectivity index (χ2n) is 8.09. The summed E-state index contributed by atoms with van der Waals surface area (Å²) in [6.45, 7) is 7.18. The van der Waals surface area contributed by atoms with Crippen molar-refractivity contribution in [1.29, 1.82) is 0 Å². The van der Waals surface area contributed by atoms with E-state index in [1.54, 1.807) is 13.8 Å². The third-order valence-electron chi connectivity index (χ3n) is 5.67. The van der Waals surface area contributed by atoms with Crippen LogP contribution in [0.1, 0.15) is 50.3 Å². The van der Waals surface area contributed by atoms with Gasteiger partial charge in [0.15, 0.2) is 0 Å². The van der Waals surface area contributed by atoms with E-state index in [0.29, 0.717) is 11.4 Å². The molecule has 0 aliphatic heterocycles. The van der Waals surface area contributed by atoms with Gasteiger partial charge in [0, 0.05) is 19.9 Å². The number of Topliss-reactive ketones (excluding diaryl/α,β-unsaturated/α-hetero) is 2. The molecule has 0 N–H and O–H groups in total. The van der Waals surface area contributed by atoms with Crippen LogP contribution in [0.15, 0.2) is 81.7 Å². The van der Waals surface area contributed by atoms with Gasteiger partial charge in [0.25, 0.3) is 0 Å². The molecule has 0 radical (unpaired) electrons. The first-order valence-electron chi connectivity index (χ1n) is 10.3. The quantitative estimate of drug-likeness (QED) is 0.295. The summed E-state index contributed by atoms with van der Waals surface area (Å²) in [6.07, 6.45) is 0.663. The molecule has 0 bridgehead atoms. The highest BCUT2D eigenvalue weighted by atomic mass is 79.9. The van der Waals surface area contributed by atoms with E-state index < -0.39 is 5.41 Å². The standard InChI is InChI=1S/C17H16BrClO.C10H11BrO/c1-12(20)17(2,14-4-3-5-15(18)10-14)11-13-6-8-16(19)9-7-13;1-7(8(2)12)9-4-3-5-10(11)6-9/h3-10H,11H2,1-2H3;3-7H,1-2H3. The van der Waals surface area contributed by atoms with Gasteiger partial charge in [0.05, 0.1) is 5.41 Å². The van der Waals surface area contributed by atoms with E-state index >= 15 is 0 Å². The monoisotopic (exact) mass is 576 g/mol. The Balaban J connectivity index is 0.000000258. The molecule has 32 heavy (non-hydrogen) atoms. The molecule has 2 nitrogen and oxygen atoms in total. The normalized spacial score (nSPS) is 13.3. The summed E-state index contributed by atoms with van der Waals surface area (Å²) in [5.74, 6) is 0.362. The molecule has 168 valence electrons. The first kappa shape index (κ1) is 26.5. The van der Waals surface area contributed by atoms with Crippen molar-refractivity contribution in [1.82, 2.24) is 0 Å². The Kier molecular flexibility index (Phi) is 9.87. The summed E-state index contributed by atoms with van der Waals surface area (Å²) in [4.78, 5) is 23.2. The molecule has 0 saturated carbocycles. The Labute approximate surface area is 212 Å². The minimum absolute atomic E-state index is 0.00231. The molecule has 3 aromatic carbocycles. The van der Waals surface area contributed by atoms with Gasteiger partial charge in [-0.1, -0.05) is 86.8 Å². The zero-order chi connectivity index (χ0) is 23.9. The molecule has 0 saturated heterocycles. The largest absolute Gasteiger partial charge is 0.299 e. The summed E-state index contributed by atoms with van der Waals surface area (Å²) in [6, 6.07) is 23.5. The molecule has 3 aromatic rings. The van der Waals surface area contributed by atoms with Crippen molar-refractivity contribution in [3.8, 4) is 0 Å². The fourth-order valence-corrected chi connectivity index (χ4v) is 4.22. The molecule has 0 heterocycles. The van der Waals surface area contributed by atoms with Crippen LogP contribution in [0.4, 0.5) is 0 Å². The van der Waals surface area contributed by atoms with Crippen molar-refractivity contribution < 1.29 is 9.59 Å². The topological polar surface area (TPSA) is 34.1 Å². The number of hydrogen-bond donors (Lipinski definition) is 0. The van der Waals surface area contributed by atoms with E-state index in [1.807, 2.05) is 86.6 Å². The van der Waals surface area contributed by atoms with E-state index in [2.05, 4.69) is 31.9 Å². The summed E-state index contributed by atoms with van der Waals surface area (Å²) >= 11 is 12.7. The fourth-order valence-electron chi connectivity index (χ4n) is 3.28. The van der Waals surface area contributed by atoms with E-state index in [1.165, 1.54) is 0 Å². The predicted octanol–water partition coefficient (Wildman–Crippen LogP) is 8.33. The summed E-state index contributed by atoms with van der Waals surface area (Å²) in [7, 11) is 0. The number of hydrogen-bond acceptors (Lipinski definition) is 2. The molecular weight excluding hydrogens is 552 g/mol. The lowest BCUT2D eigenvalue weighted by Crippen LogP contribution is -2.33. The van der Waals surface area contributed by atoms with Gasteiger partial charge < -0.3 is 0 Å². The van der Waals surface area contributed by atoms with Gasteiger partial charge in [-0.2, -0.15) is 0 Å². The lowest BCUT2D eigenvalue weighted by Gasteiger charge is -2.28. The van der Waals surface area contributed by atoms with E-state index in [0.717, 1.165) is 25.6 Å². The second kappa shape index (κ2) is 11.9. The van der Waals surface area contributed by atoms with Crippen LogP contribution < -0.4 is 0 Å². The van der Waals surface area contributed by atoms with E-state index in [9.17, 15) is 9.59 Å². The van der Waals surface area contributed by atoms with Crippen LogP contribution in [0, 0.1) is 0 Å². The molecule has 0 aliphatic rings. The minimum atomic E-state index is -0.530. The van der Waals surface area contributed by atoms with Crippen molar-refractivity contribution in [3.63, 3.8) is 0 Å². The molecule has 0 fully saturated rings. The van der Waals surface area contributed by atoms with Crippen molar-refractivity contribution >= 4 is 55.0 Å². The Hall–Kier alpha value is -1.75. The van der Waals surface area contributed by atoms with Crippen molar-refractivity contribution in [2.75, 3.05) is 0 Å². The maximum atomic E-state index is 12.2. The molecule has 3 rings (SSSR count). The van der Waals surface area contributed by atoms with E-state index in [4.69, 9.17) is 11.6 Å². The van der Waals surface area contributed by atoms with Crippen LogP contribution in [0.2, 0.25) is 5.02 Å². The highest BCUT2D eigenvalue weighted by Crippen LogP contribution is 2.31. The number of rotatable bonds is 6. The van der Waals surface area contributed by atoms with Crippen LogP contribution in [-0.2, 0) is 21.4 Å². The molecule has 0 spiro atoms. The average Bonchev–Trinajstić information content (AvgIpc) is 2.75. The van der Waals surface area contributed by atoms with Crippen molar-refractivity contribution in [2.24, 2.45) is 0 Å². The Morgan fingerprint density at radius 1 is 0.906 bits per heavy atom. The summed E-state index contributed by atoms with van der Waals surface area (Å²) < 4.78 is 2.01. The summed E-state index contributed by atoms with van der Waals surface area (Å²) in [5.41, 5.74) is 2.66. The van der Waals surface area contributed by atoms with Gasteiger partial charge in [-0.3, -0.25) is 9.59 Å². The van der Waals surface area contributed by atoms with Crippen LogP contribution in [0.3, 0.4) is 0 Å². The maximum Gasteiger partial charge on any atom is 0.140 e. The van der Waals surface area contributed by atoms with Gasteiger partial charge in [0.2, 0.25) is 0 Å². The Morgan fingerprint density at radius 3 is 1.97 bits per heavy atom. The highest BCUT2D eigenvalue weighted by molar-refractivity contribution is 9.10. The van der Waals surface area contributed by atoms with Crippen LogP contribution >= 0.6 is 43.5 Å². The molecule has 0 aliphatic carbocycles. The first-order chi connectivity index (χ1) is 15.0. The lowest BCUT2D eigenvalue weighted by molar-refractivity contribution is -0.122. The van der Waals surface area contributed by atoms with Crippen molar-refractivity contribution in [3.05, 3.63) is 103 Å². The van der Waals surface area contributed by atoms with Crippen LogP contribution in [-0.4, -0.2) is 11.6 Å². The average molecular weight is 579 g/mol. The molecule has 5 heteroatoms. The third-order valence-corrected chi connectivity index (χ3v) is 6.91. The van der Waals surface area contributed by atoms with Gasteiger partial charge >= 0.3 is 0 Å². The van der Waals surface area contributed by atoms with Gasteiger partial charge in [0.1, 0.15) is 11.6 Å². The molecular formula is C27H27Br2ClO2. The van der Waals surface area contributed by atoms with Gasteiger partial charge in [-0.25, -0.2) is 0 Å². The van der Waals surface area contributed by atoms with Crippen molar-refractivity contribution in [2.45, 2.75) is 45.4 Å². The molecule has 2 unspecified atom stereocenters. The second-order valence-corrected chi connectivity index (χ2v) is 10.4. The first-order valence-corrected chi connectivity index (χ1v) is 12.3. The van der Waals surface area contributed by atoms with Gasteiger partial charge in [-0.15, -0.1) is 0 Å². The summed E-state index contributed by atoms with van der Waals surface area (Å²) in [5, 5.41) is 0.709. The zero-order valence-electron chi connectivity index (χ0n) is 18.7. The number of benzene rings is 3. The SMILES string of the molecule is CC(=O)C(C)(Cc1ccc(Cl)cc1)c1cccc(Br)c1.CC(=O)C(C)c1cccc(Br)c1. The van der Waals surface area contributed by atoms with Crippen LogP contribution in [0.5, 0.6) is 0 Å². The number of halogens is 3. The Bertz CT molecular complexity index is 1080. The molecule has 0 aromatic heterocycles. The molecule has 2 atom stereocenters. The number of carbonyl (C=O) groups excluding carboxylic acids is 2. The highest BCUT2D eigenvalue weighted by Gasteiger charge is 2.32. The zero-order valence-corrected chi connectivity index (χ0v) is 22.6. The fraction of sp³-hybridized carbons (Fsp3) is 0.259. The predicted molar refractivity (Wildman–Crippen MR) is 141 cm³/mol. The van der Waals surface area contributed by atoms with Gasteiger partial charge in [-0.05, 0) is 80.3 Å². The number of carbonyl (C=O) groups is 2. The van der Waals surface area contributed by atoms with Crippen LogP contribution in [0.25, 0.3) is 0 Å². The lowest BCUT2D eigenvalue weighted by atomic mass is 9.74. The van der Waals surface area contributed by atoms with E-state index in [-0.39, 0.29) is 17.5 Å². The maximum absolute atomic E-state index is 12.2. The molecule has 0 amide bonds. The number of ketones is 2. The Morgan fingerprint density at radius 2 is 1.47 bits per heavy atom. The third kappa shape index (κ3) is 7.40. The minimum Gasteiger partial charge on any atom is -0.299 e.